The maximum Gasteiger partial charge on any atom is 0.126 e. The molecule has 0 heterocycles. The van der Waals surface area contributed by atoms with E-state index < -0.39 is 0 Å². The minimum absolute atomic E-state index is 0.171. The van der Waals surface area contributed by atoms with Crippen molar-refractivity contribution in [3.8, 4) is 5.75 Å². The third-order valence-corrected chi connectivity index (χ3v) is 2.28. The lowest BCUT2D eigenvalue weighted by atomic mass is 10.1. The Labute approximate surface area is 91.2 Å². The zero-order valence-corrected chi connectivity index (χ0v) is 9.53. The van der Waals surface area contributed by atoms with Gasteiger partial charge in [0.15, 0.2) is 0 Å². The van der Waals surface area contributed by atoms with Crippen LogP contribution in [0.5, 0.6) is 5.75 Å². The summed E-state index contributed by atoms with van der Waals surface area (Å²) < 4.78 is 5.25. The Balaban J connectivity index is 2.91. The molecule has 0 aliphatic heterocycles. The number of hydrogen-bond acceptors (Lipinski definition) is 2. The quantitative estimate of drug-likeness (QED) is 0.820. The van der Waals surface area contributed by atoms with Crippen molar-refractivity contribution in [1.82, 2.24) is 0 Å². The maximum absolute atomic E-state index is 8.91. The summed E-state index contributed by atoms with van der Waals surface area (Å²) in [5, 5.41) is 8.91. The Morgan fingerprint density at radius 1 is 1.47 bits per heavy atom. The van der Waals surface area contributed by atoms with E-state index >= 15 is 0 Å². The van der Waals surface area contributed by atoms with Crippen LogP contribution in [0.2, 0.25) is 0 Å². The van der Waals surface area contributed by atoms with Gasteiger partial charge in [0.1, 0.15) is 5.75 Å². The molecule has 0 saturated heterocycles. The van der Waals surface area contributed by atoms with Gasteiger partial charge in [-0.15, -0.1) is 0 Å². The molecule has 1 aromatic rings. The third-order valence-electron chi connectivity index (χ3n) is 2.28. The van der Waals surface area contributed by atoms with Crippen molar-refractivity contribution in [1.29, 1.82) is 0 Å². The molecule has 0 aliphatic carbocycles. The van der Waals surface area contributed by atoms with Crippen LogP contribution in [0.1, 0.15) is 18.1 Å². The summed E-state index contributed by atoms with van der Waals surface area (Å²) in [6, 6.07) is 6.05. The second kappa shape index (κ2) is 5.56. The largest absolute Gasteiger partial charge is 0.496 e. The van der Waals surface area contributed by atoms with Crippen molar-refractivity contribution in [3.05, 3.63) is 35.4 Å². The molecule has 15 heavy (non-hydrogen) atoms. The highest BCUT2D eigenvalue weighted by atomic mass is 16.5. The average Bonchev–Trinajstić information content (AvgIpc) is 2.26. The van der Waals surface area contributed by atoms with E-state index in [9.17, 15) is 0 Å². The van der Waals surface area contributed by atoms with Gasteiger partial charge in [-0.1, -0.05) is 30.7 Å². The molecule has 1 atom stereocenters. The fraction of sp³-hybridized carbons (Fsp3) is 0.385. The first-order chi connectivity index (χ1) is 7.17. The number of hydrogen-bond donors (Lipinski definition) is 1. The first kappa shape index (κ1) is 11.8. The predicted molar refractivity (Wildman–Crippen MR) is 63.0 cm³/mol. The summed E-state index contributed by atoms with van der Waals surface area (Å²) in [6.45, 7) is 4.19. The van der Waals surface area contributed by atoms with Crippen LogP contribution >= 0.6 is 0 Å². The van der Waals surface area contributed by atoms with Gasteiger partial charge in [0.2, 0.25) is 0 Å². The Morgan fingerprint density at radius 2 is 2.20 bits per heavy atom. The Bertz CT molecular complexity index is 342. The van der Waals surface area contributed by atoms with Crippen LogP contribution in [0.25, 0.3) is 6.08 Å². The van der Waals surface area contributed by atoms with Crippen LogP contribution in [0.15, 0.2) is 24.3 Å². The lowest BCUT2D eigenvalue weighted by Gasteiger charge is -2.06. The molecule has 1 rings (SSSR count). The number of aliphatic hydroxyl groups excluding tert-OH is 1. The highest BCUT2D eigenvalue weighted by molar-refractivity contribution is 5.58. The van der Waals surface area contributed by atoms with Crippen LogP contribution in [0, 0.1) is 12.8 Å². The summed E-state index contributed by atoms with van der Waals surface area (Å²) in [7, 11) is 1.66. The van der Waals surface area contributed by atoms with E-state index in [0.29, 0.717) is 0 Å². The maximum atomic E-state index is 8.91. The smallest absolute Gasteiger partial charge is 0.126 e. The van der Waals surface area contributed by atoms with Gasteiger partial charge in [-0.05, 0) is 25.0 Å². The molecule has 1 N–H and O–H groups in total. The number of benzene rings is 1. The molecular formula is C13H18O2. The highest BCUT2D eigenvalue weighted by Gasteiger charge is 2.00. The summed E-state index contributed by atoms with van der Waals surface area (Å²) in [5.74, 6) is 1.04. The third kappa shape index (κ3) is 3.40. The summed E-state index contributed by atoms with van der Waals surface area (Å²) in [4.78, 5) is 0. The number of aliphatic hydroxyl groups is 1. The van der Waals surface area contributed by atoms with Gasteiger partial charge in [-0.2, -0.15) is 0 Å². The lowest BCUT2D eigenvalue weighted by Crippen LogP contribution is -1.95. The second-order valence-corrected chi connectivity index (χ2v) is 3.76. The molecule has 2 nitrogen and oxygen atoms in total. The molecule has 0 spiro atoms. The normalized spacial score (nSPS) is 13.1. The summed E-state index contributed by atoms with van der Waals surface area (Å²) in [5.41, 5.74) is 2.25. The molecule has 1 aromatic carbocycles. The van der Waals surface area contributed by atoms with E-state index in [1.54, 1.807) is 7.11 Å². The summed E-state index contributed by atoms with van der Waals surface area (Å²) in [6.07, 6.45) is 3.98. The number of ether oxygens (including phenoxy) is 1. The van der Waals surface area contributed by atoms with E-state index in [1.807, 2.05) is 38.1 Å². The van der Waals surface area contributed by atoms with Crippen LogP contribution in [0.3, 0.4) is 0 Å². The fourth-order valence-corrected chi connectivity index (χ4v) is 1.31. The molecule has 0 saturated carbocycles. The SMILES string of the molecule is COc1ccc(C)cc1/C=C/C(C)CO. The van der Waals surface area contributed by atoms with Crippen molar-refractivity contribution < 1.29 is 9.84 Å². The highest BCUT2D eigenvalue weighted by Crippen LogP contribution is 2.21. The monoisotopic (exact) mass is 206 g/mol. The van der Waals surface area contributed by atoms with Crippen molar-refractivity contribution in [3.63, 3.8) is 0 Å². The van der Waals surface area contributed by atoms with Crippen molar-refractivity contribution in [2.75, 3.05) is 13.7 Å². The molecule has 1 unspecified atom stereocenters. The summed E-state index contributed by atoms with van der Waals surface area (Å²) >= 11 is 0. The van der Waals surface area contributed by atoms with Gasteiger partial charge in [0.25, 0.3) is 0 Å². The zero-order valence-electron chi connectivity index (χ0n) is 9.53. The Morgan fingerprint density at radius 3 is 2.80 bits per heavy atom. The minimum atomic E-state index is 0.171. The van der Waals surface area contributed by atoms with Gasteiger partial charge in [-0.25, -0.2) is 0 Å². The molecule has 0 amide bonds. The van der Waals surface area contributed by atoms with Crippen LogP contribution in [0.4, 0.5) is 0 Å². The van der Waals surface area contributed by atoms with Crippen LogP contribution in [-0.2, 0) is 0 Å². The lowest BCUT2D eigenvalue weighted by molar-refractivity contribution is 0.262. The molecule has 0 radical (unpaired) electrons. The molecular weight excluding hydrogens is 188 g/mol. The standard InChI is InChI=1S/C13H18O2/c1-10-5-7-13(15-3)12(8-10)6-4-11(2)9-14/h4-8,11,14H,9H2,1-3H3/b6-4+. The average molecular weight is 206 g/mol. The Kier molecular flexibility index (Phi) is 4.37. The molecule has 0 aliphatic rings. The molecule has 82 valence electrons. The van der Waals surface area contributed by atoms with E-state index in [0.717, 1.165) is 11.3 Å². The van der Waals surface area contributed by atoms with E-state index in [2.05, 4.69) is 6.07 Å². The predicted octanol–water partition coefficient (Wildman–Crippen LogP) is 2.65. The van der Waals surface area contributed by atoms with Gasteiger partial charge in [0, 0.05) is 12.2 Å². The zero-order chi connectivity index (χ0) is 11.3. The van der Waals surface area contributed by atoms with E-state index in [4.69, 9.17) is 9.84 Å². The Hall–Kier alpha value is -1.28. The molecule has 0 fully saturated rings. The van der Waals surface area contributed by atoms with Crippen LogP contribution in [-0.4, -0.2) is 18.8 Å². The minimum Gasteiger partial charge on any atom is -0.496 e. The van der Waals surface area contributed by atoms with Gasteiger partial charge in [-0.3, -0.25) is 0 Å². The molecule has 2 heteroatoms. The number of aryl methyl sites for hydroxylation is 1. The van der Waals surface area contributed by atoms with Gasteiger partial charge >= 0.3 is 0 Å². The fourth-order valence-electron chi connectivity index (χ4n) is 1.31. The molecule has 0 bridgehead atoms. The number of methoxy groups -OCH3 is 1. The van der Waals surface area contributed by atoms with Gasteiger partial charge < -0.3 is 9.84 Å². The number of rotatable bonds is 4. The molecule has 0 aromatic heterocycles. The van der Waals surface area contributed by atoms with Crippen molar-refractivity contribution >= 4 is 6.08 Å². The second-order valence-electron chi connectivity index (χ2n) is 3.76. The topological polar surface area (TPSA) is 29.5 Å². The van der Waals surface area contributed by atoms with E-state index in [-0.39, 0.29) is 12.5 Å². The van der Waals surface area contributed by atoms with Crippen molar-refractivity contribution in [2.24, 2.45) is 5.92 Å². The van der Waals surface area contributed by atoms with Crippen molar-refractivity contribution in [2.45, 2.75) is 13.8 Å². The van der Waals surface area contributed by atoms with Crippen LogP contribution < -0.4 is 4.74 Å². The first-order valence-corrected chi connectivity index (χ1v) is 5.11. The van der Waals surface area contributed by atoms with E-state index in [1.165, 1.54) is 5.56 Å². The first-order valence-electron chi connectivity index (χ1n) is 5.11. The van der Waals surface area contributed by atoms with Gasteiger partial charge in [0.05, 0.1) is 7.11 Å².